The molecular formula is C97H57N7S3. The SMILES string of the molecule is c1ccc(-c2nc(-c3cccc(-c4ccc5c(c4)C4(c6ccccc6S5)c5ccccc5-c5ccc(-c6ccc(-c7nc(-c8cccc(-c9ccc%10c(c9)C9(c%11ccccc%11S%10)c%10ccccc%10-c%10ccccc%109)c8)nc(-c8ccc9c(c8)sc8ccccc89)n7)cc6)cc54)c3)nc(-c3ccccn3)n2)cc1. The lowest BCUT2D eigenvalue weighted by Crippen LogP contribution is -2.32. The predicted octanol–water partition coefficient (Wildman–Crippen LogP) is 24.5. The fourth-order valence-corrected chi connectivity index (χ4v) is 20.7. The highest BCUT2D eigenvalue weighted by Gasteiger charge is 2.52. The van der Waals surface area contributed by atoms with Crippen molar-refractivity contribution in [3.8, 4) is 124 Å². The Labute approximate surface area is 630 Å². The van der Waals surface area contributed by atoms with E-state index in [9.17, 15) is 0 Å². The normalized spacial score (nSPS) is 14.4. The van der Waals surface area contributed by atoms with Crippen LogP contribution in [0, 0.1) is 0 Å². The number of rotatable bonds is 9. The first-order valence-electron chi connectivity index (χ1n) is 36.0. The van der Waals surface area contributed by atoms with E-state index in [1.54, 1.807) is 17.5 Å². The van der Waals surface area contributed by atoms with E-state index in [4.69, 9.17) is 29.9 Å². The molecule has 0 saturated carbocycles. The number of nitrogens with zero attached hydrogens (tertiary/aromatic N) is 7. The molecule has 4 aliphatic rings. The van der Waals surface area contributed by atoms with E-state index in [0.29, 0.717) is 40.6 Å². The zero-order chi connectivity index (χ0) is 70.3. The predicted molar refractivity (Wildman–Crippen MR) is 436 cm³/mol. The van der Waals surface area contributed by atoms with E-state index in [0.717, 1.165) is 61.2 Å². The average molecular weight is 1420 g/mol. The molecule has 498 valence electrons. The van der Waals surface area contributed by atoms with Crippen LogP contribution in [0.2, 0.25) is 0 Å². The summed E-state index contributed by atoms with van der Waals surface area (Å²) in [6.07, 6.45) is 1.77. The first kappa shape index (κ1) is 61.6. The van der Waals surface area contributed by atoms with Crippen LogP contribution in [0.3, 0.4) is 0 Å². The van der Waals surface area contributed by atoms with Crippen LogP contribution in [-0.2, 0) is 10.8 Å². The molecule has 14 aromatic carbocycles. The second-order valence-electron chi connectivity index (χ2n) is 27.8. The third-order valence-electron chi connectivity index (χ3n) is 22.0. The molecule has 6 heterocycles. The molecule has 0 N–H and O–H groups in total. The zero-order valence-electron chi connectivity index (χ0n) is 57.3. The number of fused-ring (bicyclic) bond motifs is 21. The number of pyridine rings is 1. The highest BCUT2D eigenvalue weighted by Crippen LogP contribution is 2.65. The first-order chi connectivity index (χ1) is 53.0. The fourth-order valence-electron chi connectivity index (χ4n) is 17.2. The van der Waals surface area contributed by atoms with Crippen LogP contribution >= 0.6 is 34.9 Å². The maximum Gasteiger partial charge on any atom is 0.182 e. The minimum Gasteiger partial charge on any atom is -0.253 e. The van der Waals surface area contributed by atoms with Gasteiger partial charge in [0.15, 0.2) is 34.9 Å². The Morgan fingerprint density at radius 3 is 1.16 bits per heavy atom. The number of hydrogen-bond acceptors (Lipinski definition) is 10. The van der Waals surface area contributed by atoms with Gasteiger partial charge in [0.05, 0.1) is 10.8 Å². The lowest BCUT2D eigenvalue weighted by Gasteiger charge is -2.40. The summed E-state index contributed by atoms with van der Waals surface area (Å²) in [5, 5.41) is 2.47. The Bertz CT molecular complexity index is 6630. The summed E-state index contributed by atoms with van der Waals surface area (Å²) in [7, 11) is 0. The van der Waals surface area contributed by atoms with Crippen molar-refractivity contribution >= 4 is 55.0 Å². The average Bonchev–Trinajstić information content (AvgIpc) is 1.56. The van der Waals surface area contributed by atoms with E-state index in [2.05, 4.69) is 296 Å². The standard InChI is InChI=1S/C97H57N7S3/c1-2-20-59(21-3-1)90-99-93(104-95(103-90)83-35-16-17-51-98-83)67-25-19-23-62(53-67)65-46-50-88-82(56-65)97(79-34-12-15-38-86(79)107-88)77-32-10-6-28-71(77)72-47-43-63(54-80(72)97)58-39-41-60(42-40-58)91-100-92(102-94(101-91)68-44-48-74-73-29-7-13-36-84(73)105-89(74)57-68)66-24-18-22-61(52-66)64-45-49-87-81(55-64)96(78-33-11-14-37-85(78)106-87)75-30-8-4-26-69(75)70-27-5-9-31-76(70)96/h1-57H. The van der Waals surface area contributed by atoms with Crippen molar-refractivity contribution in [2.45, 2.75) is 30.4 Å². The smallest absolute Gasteiger partial charge is 0.182 e. The Balaban J connectivity index is 0.651. The highest BCUT2D eigenvalue weighted by molar-refractivity contribution is 7.99. The van der Waals surface area contributed by atoms with Gasteiger partial charge in [-0.15, -0.1) is 11.3 Å². The van der Waals surface area contributed by atoms with Gasteiger partial charge in [-0.2, -0.15) is 0 Å². The zero-order valence-corrected chi connectivity index (χ0v) is 59.7. The van der Waals surface area contributed by atoms with Gasteiger partial charge in [-0.05, 0) is 179 Å². The molecule has 18 aromatic rings. The van der Waals surface area contributed by atoms with Gasteiger partial charge in [0.25, 0.3) is 0 Å². The molecule has 107 heavy (non-hydrogen) atoms. The molecule has 1 unspecified atom stereocenters. The lowest BCUT2D eigenvalue weighted by atomic mass is 9.66. The van der Waals surface area contributed by atoms with Gasteiger partial charge in [0.1, 0.15) is 5.69 Å². The summed E-state index contributed by atoms with van der Waals surface area (Å²) < 4.78 is 2.44. The Morgan fingerprint density at radius 1 is 0.206 bits per heavy atom. The second-order valence-corrected chi connectivity index (χ2v) is 31.0. The number of benzene rings is 14. The van der Waals surface area contributed by atoms with Crippen LogP contribution in [-0.4, -0.2) is 34.9 Å². The van der Waals surface area contributed by atoms with Crippen molar-refractivity contribution in [3.63, 3.8) is 0 Å². The number of thiophene rings is 1. The maximum atomic E-state index is 5.45. The van der Waals surface area contributed by atoms with Gasteiger partial charge in [0, 0.05) is 73.8 Å². The topological polar surface area (TPSA) is 90.2 Å². The summed E-state index contributed by atoms with van der Waals surface area (Å²) in [5.41, 5.74) is 25.9. The van der Waals surface area contributed by atoms with E-state index in [1.807, 2.05) is 72.1 Å². The second kappa shape index (κ2) is 24.4. The highest BCUT2D eigenvalue weighted by atomic mass is 32.2. The molecular weight excluding hydrogens is 1360 g/mol. The molecule has 0 amide bonds. The van der Waals surface area contributed by atoms with Crippen molar-refractivity contribution in [2.24, 2.45) is 0 Å². The molecule has 2 aliphatic heterocycles. The molecule has 1 atom stereocenters. The van der Waals surface area contributed by atoms with Crippen LogP contribution < -0.4 is 0 Å². The molecule has 0 bridgehead atoms. The Morgan fingerprint density at radius 2 is 0.579 bits per heavy atom. The minimum atomic E-state index is -0.654. The third kappa shape index (κ3) is 9.66. The van der Waals surface area contributed by atoms with Gasteiger partial charge in [-0.25, -0.2) is 29.9 Å². The van der Waals surface area contributed by atoms with Crippen LogP contribution in [0.25, 0.3) is 144 Å². The molecule has 10 heteroatoms. The number of hydrogen-bond donors (Lipinski definition) is 0. The first-order valence-corrected chi connectivity index (χ1v) is 38.4. The van der Waals surface area contributed by atoms with Crippen molar-refractivity contribution in [1.29, 1.82) is 0 Å². The molecule has 22 rings (SSSR count). The number of aromatic nitrogens is 7. The third-order valence-corrected chi connectivity index (χ3v) is 25.4. The van der Waals surface area contributed by atoms with E-state index in [-0.39, 0.29) is 0 Å². The van der Waals surface area contributed by atoms with Crippen molar-refractivity contribution in [3.05, 3.63) is 390 Å². The molecule has 2 aliphatic carbocycles. The van der Waals surface area contributed by atoms with Crippen molar-refractivity contribution < 1.29 is 0 Å². The lowest BCUT2D eigenvalue weighted by molar-refractivity contribution is 0.723. The summed E-state index contributed by atoms with van der Waals surface area (Å²) in [6, 6.07) is 124. The van der Waals surface area contributed by atoms with Crippen molar-refractivity contribution in [2.75, 3.05) is 0 Å². The van der Waals surface area contributed by atoms with E-state index < -0.39 is 10.8 Å². The van der Waals surface area contributed by atoms with Gasteiger partial charge in [-0.1, -0.05) is 284 Å². The summed E-state index contributed by atoms with van der Waals surface area (Å²) in [6.45, 7) is 0. The van der Waals surface area contributed by atoms with E-state index >= 15 is 0 Å². The minimum absolute atomic E-state index is 0.496. The maximum absolute atomic E-state index is 5.45. The molecule has 0 saturated heterocycles. The summed E-state index contributed by atoms with van der Waals surface area (Å²) in [5.74, 6) is 3.50. The van der Waals surface area contributed by atoms with Crippen LogP contribution in [0.4, 0.5) is 0 Å². The van der Waals surface area contributed by atoms with Gasteiger partial charge in [0.2, 0.25) is 0 Å². The largest absolute Gasteiger partial charge is 0.253 e. The quantitative estimate of drug-likeness (QED) is 0.140. The van der Waals surface area contributed by atoms with Crippen LogP contribution in [0.5, 0.6) is 0 Å². The summed E-state index contributed by atoms with van der Waals surface area (Å²) in [4.78, 5) is 41.1. The summed E-state index contributed by atoms with van der Waals surface area (Å²) >= 11 is 5.51. The van der Waals surface area contributed by atoms with Gasteiger partial charge >= 0.3 is 0 Å². The van der Waals surface area contributed by atoms with Gasteiger partial charge in [-0.3, -0.25) is 4.98 Å². The molecule has 4 aromatic heterocycles. The van der Waals surface area contributed by atoms with E-state index in [1.165, 1.54) is 107 Å². The van der Waals surface area contributed by atoms with Crippen LogP contribution in [0.15, 0.2) is 365 Å². The van der Waals surface area contributed by atoms with Crippen LogP contribution in [0.1, 0.15) is 44.5 Å². The van der Waals surface area contributed by atoms with Gasteiger partial charge < -0.3 is 0 Å². The Kier molecular flexibility index (Phi) is 14.0. The molecule has 7 nitrogen and oxygen atoms in total. The molecule has 0 fully saturated rings. The fraction of sp³-hybridized carbons (Fsp3) is 0.0206. The monoisotopic (exact) mass is 1420 g/mol. The Hall–Kier alpha value is -12.8. The van der Waals surface area contributed by atoms with Crippen molar-refractivity contribution in [1.82, 2.24) is 34.9 Å². The molecule has 0 radical (unpaired) electrons. The molecule has 2 spiro atoms.